The Bertz CT molecular complexity index is 200. The molecule has 0 rings (SSSR count). The van der Waals surface area contributed by atoms with Crippen molar-refractivity contribution in [3.8, 4) is 0 Å². The van der Waals surface area contributed by atoms with Gasteiger partial charge in [0.1, 0.15) is 4.33 Å². The minimum Gasteiger partial charge on any atom is -0.469 e. The Kier molecular flexibility index (Phi) is 10.0. The van der Waals surface area contributed by atoms with Crippen molar-refractivity contribution < 1.29 is 9.53 Å². The zero-order chi connectivity index (χ0) is 13.1. The molecule has 102 valence electrons. The highest BCUT2D eigenvalue weighted by molar-refractivity contribution is 6.48. The standard InChI is InChI=1S/C13H24Cl2O2/c1-13(14,15)11-9-7-5-3-4-6-8-10-12(16)17-2/h3-11H2,1-2H3. The topological polar surface area (TPSA) is 26.3 Å². The lowest BCUT2D eigenvalue weighted by Gasteiger charge is -2.11. The molecule has 4 heteroatoms. The summed E-state index contributed by atoms with van der Waals surface area (Å²) in [6, 6.07) is 0. The molecule has 0 radical (unpaired) electrons. The molecular formula is C13H24Cl2O2. The summed E-state index contributed by atoms with van der Waals surface area (Å²) < 4.78 is 4.01. The molecule has 0 atom stereocenters. The highest BCUT2D eigenvalue weighted by atomic mass is 35.5. The SMILES string of the molecule is COC(=O)CCCCCCCCCC(C)(Cl)Cl. The van der Waals surface area contributed by atoms with Crippen LogP contribution in [0.3, 0.4) is 0 Å². The maximum Gasteiger partial charge on any atom is 0.305 e. The Balaban J connectivity index is 3.12. The summed E-state index contributed by atoms with van der Waals surface area (Å²) >= 11 is 11.8. The van der Waals surface area contributed by atoms with Crippen molar-refractivity contribution in [3.63, 3.8) is 0 Å². The number of unbranched alkanes of at least 4 members (excludes halogenated alkanes) is 6. The maximum atomic E-state index is 10.8. The van der Waals surface area contributed by atoms with Crippen molar-refractivity contribution in [3.05, 3.63) is 0 Å². The third-order valence-electron chi connectivity index (χ3n) is 2.72. The number of halogens is 2. The van der Waals surface area contributed by atoms with Crippen LogP contribution in [0.1, 0.15) is 64.7 Å². The second kappa shape index (κ2) is 10.0. The Morgan fingerprint density at radius 3 is 1.94 bits per heavy atom. The van der Waals surface area contributed by atoms with E-state index in [4.69, 9.17) is 23.2 Å². The van der Waals surface area contributed by atoms with Gasteiger partial charge < -0.3 is 4.74 Å². The predicted molar refractivity (Wildman–Crippen MR) is 73.7 cm³/mol. The van der Waals surface area contributed by atoms with E-state index in [9.17, 15) is 4.79 Å². The fraction of sp³-hybridized carbons (Fsp3) is 0.923. The lowest BCUT2D eigenvalue weighted by molar-refractivity contribution is -0.140. The molecule has 0 amide bonds. The molecule has 0 aliphatic carbocycles. The average molecular weight is 283 g/mol. The Morgan fingerprint density at radius 2 is 1.47 bits per heavy atom. The molecule has 0 N–H and O–H groups in total. The highest BCUT2D eigenvalue weighted by Crippen LogP contribution is 2.26. The number of carbonyl (C=O) groups excluding carboxylic acids is 1. The Morgan fingerprint density at radius 1 is 1.00 bits per heavy atom. The zero-order valence-corrected chi connectivity index (χ0v) is 12.4. The van der Waals surface area contributed by atoms with E-state index < -0.39 is 4.33 Å². The molecule has 0 aromatic carbocycles. The van der Waals surface area contributed by atoms with Crippen LogP contribution in [-0.4, -0.2) is 17.4 Å². The van der Waals surface area contributed by atoms with Crippen molar-refractivity contribution in [1.82, 2.24) is 0 Å². The van der Waals surface area contributed by atoms with Crippen LogP contribution in [-0.2, 0) is 9.53 Å². The molecule has 0 aromatic rings. The number of rotatable bonds is 10. The third-order valence-corrected chi connectivity index (χ3v) is 3.10. The van der Waals surface area contributed by atoms with Gasteiger partial charge in [-0.15, -0.1) is 23.2 Å². The summed E-state index contributed by atoms with van der Waals surface area (Å²) in [5.74, 6) is -0.103. The molecule has 0 spiro atoms. The molecular weight excluding hydrogens is 259 g/mol. The van der Waals surface area contributed by atoms with Crippen LogP contribution in [0.2, 0.25) is 0 Å². The van der Waals surface area contributed by atoms with E-state index in [0.29, 0.717) is 6.42 Å². The van der Waals surface area contributed by atoms with Gasteiger partial charge in [-0.3, -0.25) is 4.79 Å². The minimum atomic E-state index is -0.569. The van der Waals surface area contributed by atoms with Gasteiger partial charge in [-0.1, -0.05) is 38.5 Å². The number of hydrogen-bond acceptors (Lipinski definition) is 2. The fourth-order valence-electron chi connectivity index (χ4n) is 1.69. The summed E-state index contributed by atoms with van der Waals surface area (Å²) in [6.07, 6.45) is 9.37. The van der Waals surface area contributed by atoms with E-state index in [2.05, 4.69) is 4.74 Å². The van der Waals surface area contributed by atoms with Crippen LogP contribution in [0.5, 0.6) is 0 Å². The number of alkyl halides is 2. The summed E-state index contributed by atoms with van der Waals surface area (Å²) in [4.78, 5) is 10.8. The first kappa shape index (κ1) is 17.1. The van der Waals surface area contributed by atoms with Gasteiger partial charge in [-0.05, 0) is 19.8 Å². The third kappa shape index (κ3) is 14.0. The van der Waals surface area contributed by atoms with Crippen molar-refractivity contribution in [2.24, 2.45) is 0 Å². The van der Waals surface area contributed by atoms with Crippen LogP contribution < -0.4 is 0 Å². The molecule has 0 aromatic heterocycles. The molecule has 2 nitrogen and oxygen atoms in total. The number of methoxy groups -OCH3 is 1. The number of hydrogen-bond donors (Lipinski definition) is 0. The number of ether oxygens (including phenoxy) is 1. The lowest BCUT2D eigenvalue weighted by atomic mass is 10.1. The largest absolute Gasteiger partial charge is 0.469 e. The summed E-state index contributed by atoms with van der Waals surface area (Å²) in [5.41, 5.74) is 0. The average Bonchev–Trinajstić information content (AvgIpc) is 2.25. The first-order chi connectivity index (χ1) is 7.95. The van der Waals surface area contributed by atoms with E-state index in [1.54, 1.807) is 0 Å². The Hall–Kier alpha value is 0.0500. The molecule has 0 fully saturated rings. The van der Waals surface area contributed by atoms with Crippen LogP contribution in [0, 0.1) is 0 Å². The van der Waals surface area contributed by atoms with Gasteiger partial charge in [0.2, 0.25) is 0 Å². The predicted octanol–water partition coefficient (Wildman–Crippen LogP) is 4.86. The van der Waals surface area contributed by atoms with E-state index in [-0.39, 0.29) is 5.97 Å². The molecule has 0 unspecified atom stereocenters. The van der Waals surface area contributed by atoms with E-state index in [0.717, 1.165) is 25.7 Å². The van der Waals surface area contributed by atoms with Crippen molar-refractivity contribution in [2.75, 3.05) is 7.11 Å². The second-order valence-electron chi connectivity index (χ2n) is 4.62. The molecule has 0 aliphatic rings. The zero-order valence-electron chi connectivity index (χ0n) is 10.9. The normalized spacial score (nSPS) is 11.5. The van der Waals surface area contributed by atoms with E-state index in [1.807, 2.05) is 6.92 Å². The number of carbonyl (C=O) groups is 1. The van der Waals surface area contributed by atoms with Gasteiger partial charge in [-0.2, -0.15) is 0 Å². The lowest BCUT2D eigenvalue weighted by Crippen LogP contribution is -2.04. The van der Waals surface area contributed by atoms with Gasteiger partial charge in [0.15, 0.2) is 0 Å². The van der Waals surface area contributed by atoms with Crippen molar-refractivity contribution in [2.45, 2.75) is 69.0 Å². The maximum absolute atomic E-state index is 10.8. The molecule has 17 heavy (non-hydrogen) atoms. The molecule has 0 aliphatic heterocycles. The van der Waals surface area contributed by atoms with E-state index in [1.165, 1.54) is 32.8 Å². The summed E-state index contributed by atoms with van der Waals surface area (Å²) in [7, 11) is 1.43. The van der Waals surface area contributed by atoms with Crippen LogP contribution >= 0.6 is 23.2 Å². The van der Waals surface area contributed by atoms with Gasteiger partial charge in [-0.25, -0.2) is 0 Å². The molecule has 0 bridgehead atoms. The quantitative estimate of drug-likeness (QED) is 0.325. The first-order valence-corrected chi connectivity index (χ1v) is 7.16. The second-order valence-corrected chi connectivity index (χ2v) is 6.48. The smallest absolute Gasteiger partial charge is 0.305 e. The first-order valence-electron chi connectivity index (χ1n) is 6.40. The van der Waals surface area contributed by atoms with Crippen molar-refractivity contribution in [1.29, 1.82) is 0 Å². The van der Waals surface area contributed by atoms with Gasteiger partial charge in [0, 0.05) is 6.42 Å². The van der Waals surface area contributed by atoms with Crippen LogP contribution in [0.25, 0.3) is 0 Å². The monoisotopic (exact) mass is 282 g/mol. The molecule has 0 saturated carbocycles. The Labute approximate surface area is 115 Å². The summed E-state index contributed by atoms with van der Waals surface area (Å²) in [5, 5.41) is 0. The van der Waals surface area contributed by atoms with Crippen LogP contribution in [0.15, 0.2) is 0 Å². The number of esters is 1. The molecule has 0 heterocycles. The van der Waals surface area contributed by atoms with Crippen LogP contribution in [0.4, 0.5) is 0 Å². The summed E-state index contributed by atoms with van der Waals surface area (Å²) in [6.45, 7) is 1.84. The minimum absolute atomic E-state index is 0.103. The van der Waals surface area contributed by atoms with Gasteiger partial charge in [0.05, 0.1) is 7.11 Å². The van der Waals surface area contributed by atoms with E-state index >= 15 is 0 Å². The molecule has 0 saturated heterocycles. The fourth-order valence-corrected chi connectivity index (χ4v) is 1.96. The van der Waals surface area contributed by atoms with Gasteiger partial charge >= 0.3 is 5.97 Å². The van der Waals surface area contributed by atoms with Crippen molar-refractivity contribution >= 4 is 29.2 Å². The highest BCUT2D eigenvalue weighted by Gasteiger charge is 2.14. The van der Waals surface area contributed by atoms with Gasteiger partial charge in [0.25, 0.3) is 0 Å².